The van der Waals surface area contributed by atoms with Gasteiger partial charge >= 0.3 is 0 Å². The lowest BCUT2D eigenvalue weighted by Crippen LogP contribution is -2.37. The third-order valence-corrected chi connectivity index (χ3v) is 5.22. The summed E-state index contributed by atoms with van der Waals surface area (Å²) in [5.41, 5.74) is 0. The first kappa shape index (κ1) is 12.7. The van der Waals surface area contributed by atoms with Gasteiger partial charge < -0.3 is 10.1 Å². The van der Waals surface area contributed by atoms with Crippen molar-refractivity contribution in [3.63, 3.8) is 0 Å². The molecule has 1 N–H and O–H groups in total. The molecule has 2 aliphatic rings. The van der Waals surface area contributed by atoms with E-state index in [2.05, 4.69) is 24.0 Å². The molecule has 0 aromatic heterocycles. The highest BCUT2D eigenvalue weighted by Crippen LogP contribution is 2.31. The normalized spacial score (nSPS) is 32.1. The molecule has 94 valence electrons. The molecule has 2 heterocycles. The molecule has 3 atom stereocenters. The lowest BCUT2D eigenvalue weighted by Gasteiger charge is -2.24. The Morgan fingerprint density at radius 3 is 2.94 bits per heavy atom. The van der Waals surface area contributed by atoms with E-state index >= 15 is 0 Å². The van der Waals surface area contributed by atoms with Gasteiger partial charge in [-0.1, -0.05) is 6.92 Å². The van der Waals surface area contributed by atoms with E-state index in [1.165, 1.54) is 44.3 Å². The van der Waals surface area contributed by atoms with Crippen LogP contribution in [0.5, 0.6) is 0 Å². The number of ether oxygens (including phenoxy) is 1. The van der Waals surface area contributed by atoms with E-state index in [4.69, 9.17) is 4.74 Å². The summed E-state index contributed by atoms with van der Waals surface area (Å²) in [6.07, 6.45) is 8.51. The van der Waals surface area contributed by atoms with Crippen LogP contribution < -0.4 is 5.32 Å². The summed E-state index contributed by atoms with van der Waals surface area (Å²) in [5.74, 6) is 1.37. The first-order valence-electron chi connectivity index (χ1n) is 6.86. The van der Waals surface area contributed by atoms with E-state index in [1.807, 2.05) is 0 Å². The van der Waals surface area contributed by atoms with Crippen molar-refractivity contribution >= 4 is 11.8 Å². The van der Waals surface area contributed by atoms with Crippen LogP contribution in [0.1, 0.15) is 45.4 Å². The molecule has 2 nitrogen and oxygen atoms in total. The van der Waals surface area contributed by atoms with E-state index < -0.39 is 0 Å². The molecular weight excluding hydrogens is 218 g/mol. The second-order valence-electron chi connectivity index (χ2n) is 4.93. The Hall–Kier alpha value is 0.270. The van der Waals surface area contributed by atoms with Gasteiger partial charge in [0.15, 0.2) is 0 Å². The van der Waals surface area contributed by atoms with Gasteiger partial charge in [0.05, 0.1) is 6.10 Å². The summed E-state index contributed by atoms with van der Waals surface area (Å²) in [5, 5.41) is 4.53. The average Bonchev–Trinajstić information content (AvgIpc) is 2.96. The Labute approximate surface area is 104 Å². The molecule has 2 aliphatic heterocycles. The van der Waals surface area contributed by atoms with E-state index in [0.717, 1.165) is 24.4 Å². The molecule has 3 heteroatoms. The Balaban J connectivity index is 1.72. The fourth-order valence-corrected chi connectivity index (χ4v) is 4.27. The van der Waals surface area contributed by atoms with Crippen molar-refractivity contribution in [2.24, 2.45) is 0 Å². The zero-order valence-corrected chi connectivity index (χ0v) is 11.2. The molecule has 0 saturated carbocycles. The van der Waals surface area contributed by atoms with Crippen molar-refractivity contribution in [3.8, 4) is 0 Å². The van der Waals surface area contributed by atoms with E-state index in [1.54, 1.807) is 0 Å². The standard InChI is InChI=1S/C13H25NOS/c1-2-14-12(13-6-4-10-16-13)8-7-11-5-3-9-15-11/h11-14H,2-10H2,1H3. The van der Waals surface area contributed by atoms with Gasteiger partial charge in [0.1, 0.15) is 0 Å². The molecule has 0 aromatic rings. The molecule has 3 unspecified atom stereocenters. The number of rotatable bonds is 6. The summed E-state index contributed by atoms with van der Waals surface area (Å²) in [7, 11) is 0. The van der Waals surface area contributed by atoms with Crippen molar-refractivity contribution in [1.82, 2.24) is 5.32 Å². The molecule has 0 bridgehead atoms. The highest BCUT2D eigenvalue weighted by Gasteiger charge is 2.26. The Kier molecular flexibility index (Phi) is 5.46. The molecule has 16 heavy (non-hydrogen) atoms. The minimum atomic E-state index is 0.563. The zero-order chi connectivity index (χ0) is 11.2. The molecule has 0 amide bonds. The highest BCUT2D eigenvalue weighted by molar-refractivity contribution is 8.00. The SMILES string of the molecule is CCNC(CCC1CCCO1)C1CCCS1. The summed E-state index contributed by atoms with van der Waals surface area (Å²) >= 11 is 2.17. The third-order valence-electron chi connectivity index (χ3n) is 3.70. The zero-order valence-electron chi connectivity index (χ0n) is 10.4. The van der Waals surface area contributed by atoms with Gasteiger partial charge in [-0.25, -0.2) is 0 Å². The van der Waals surface area contributed by atoms with Crippen LogP contribution in [0.25, 0.3) is 0 Å². The molecule has 2 rings (SSSR count). The first-order chi connectivity index (χ1) is 7.90. The van der Waals surface area contributed by atoms with Gasteiger partial charge in [0, 0.05) is 17.9 Å². The van der Waals surface area contributed by atoms with Crippen LogP contribution >= 0.6 is 11.8 Å². The number of hydrogen-bond acceptors (Lipinski definition) is 3. The van der Waals surface area contributed by atoms with Crippen LogP contribution in [0.2, 0.25) is 0 Å². The summed E-state index contributed by atoms with van der Waals surface area (Å²) < 4.78 is 5.71. The second-order valence-corrected chi connectivity index (χ2v) is 6.28. The Bertz CT molecular complexity index is 188. The van der Waals surface area contributed by atoms with E-state index in [-0.39, 0.29) is 0 Å². The maximum absolute atomic E-state index is 5.71. The van der Waals surface area contributed by atoms with Crippen molar-refractivity contribution in [2.45, 2.75) is 62.8 Å². The van der Waals surface area contributed by atoms with E-state index in [0.29, 0.717) is 6.10 Å². The Morgan fingerprint density at radius 2 is 2.31 bits per heavy atom. The molecule has 2 fully saturated rings. The summed E-state index contributed by atoms with van der Waals surface area (Å²) in [6, 6.07) is 0.724. The summed E-state index contributed by atoms with van der Waals surface area (Å²) in [6.45, 7) is 4.32. The van der Waals surface area contributed by atoms with Crippen LogP contribution in [-0.4, -0.2) is 36.3 Å². The first-order valence-corrected chi connectivity index (χ1v) is 7.91. The topological polar surface area (TPSA) is 21.3 Å². The van der Waals surface area contributed by atoms with Crippen LogP contribution in [0, 0.1) is 0 Å². The van der Waals surface area contributed by atoms with Crippen LogP contribution in [0.3, 0.4) is 0 Å². The van der Waals surface area contributed by atoms with Crippen molar-refractivity contribution in [3.05, 3.63) is 0 Å². The molecule has 0 aromatic carbocycles. The highest BCUT2D eigenvalue weighted by atomic mass is 32.2. The van der Waals surface area contributed by atoms with E-state index in [9.17, 15) is 0 Å². The number of nitrogens with one attached hydrogen (secondary N) is 1. The molecule has 0 radical (unpaired) electrons. The quantitative estimate of drug-likeness (QED) is 0.775. The smallest absolute Gasteiger partial charge is 0.0576 e. The van der Waals surface area contributed by atoms with Crippen LogP contribution in [0.4, 0.5) is 0 Å². The van der Waals surface area contributed by atoms with Gasteiger partial charge in [-0.2, -0.15) is 11.8 Å². The third kappa shape index (κ3) is 3.64. The fourth-order valence-electron chi connectivity index (χ4n) is 2.84. The largest absolute Gasteiger partial charge is 0.378 e. The monoisotopic (exact) mass is 243 g/mol. The second kappa shape index (κ2) is 6.87. The van der Waals surface area contributed by atoms with Gasteiger partial charge in [-0.15, -0.1) is 0 Å². The lowest BCUT2D eigenvalue weighted by molar-refractivity contribution is 0.0995. The van der Waals surface area contributed by atoms with Gasteiger partial charge in [0.2, 0.25) is 0 Å². The number of thioether (sulfide) groups is 1. The maximum atomic E-state index is 5.71. The van der Waals surface area contributed by atoms with Gasteiger partial charge in [-0.3, -0.25) is 0 Å². The van der Waals surface area contributed by atoms with Gasteiger partial charge in [0.25, 0.3) is 0 Å². The molecular formula is C13H25NOS. The van der Waals surface area contributed by atoms with Crippen LogP contribution in [-0.2, 0) is 4.74 Å². The molecule has 0 aliphatic carbocycles. The van der Waals surface area contributed by atoms with Crippen molar-refractivity contribution in [1.29, 1.82) is 0 Å². The lowest BCUT2D eigenvalue weighted by atomic mass is 10.0. The molecule has 2 saturated heterocycles. The Morgan fingerprint density at radius 1 is 1.38 bits per heavy atom. The minimum absolute atomic E-state index is 0.563. The van der Waals surface area contributed by atoms with Crippen molar-refractivity contribution in [2.75, 3.05) is 18.9 Å². The van der Waals surface area contributed by atoms with Crippen LogP contribution in [0.15, 0.2) is 0 Å². The average molecular weight is 243 g/mol. The summed E-state index contributed by atoms with van der Waals surface area (Å²) in [4.78, 5) is 0. The number of hydrogen-bond donors (Lipinski definition) is 1. The van der Waals surface area contributed by atoms with Crippen molar-refractivity contribution < 1.29 is 4.74 Å². The minimum Gasteiger partial charge on any atom is -0.378 e. The fraction of sp³-hybridized carbons (Fsp3) is 1.00. The molecule has 0 spiro atoms. The predicted octanol–water partition coefficient (Wildman–Crippen LogP) is 2.82. The maximum Gasteiger partial charge on any atom is 0.0576 e. The predicted molar refractivity (Wildman–Crippen MR) is 71.2 cm³/mol. The van der Waals surface area contributed by atoms with Gasteiger partial charge in [-0.05, 0) is 50.8 Å².